The van der Waals surface area contributed by atoms with Crippen LogP contribution in [0.2, 0.25) is 0 Å². The zero-order chi connectivity index (χ0) is 12.5. The lowest BCUT2D eigenvalue weighted by atomic mass is 10.1. The van der Waals surface area contributed by atoms with E-state index >= 15 is 0 Å². The normalized spacial score (nSPS) is 10.2. The third kappa shape index (κ3) is 5.60. The Hall–Kier alpha value is -1.20. The molecule has 1 amide bonds. The van der Waals surface area contributed by atoms with Crippen LogP contribution < -0.4 is 5.32 Å². The first kappa shape index (κ1) is 13.9. The van der Waals surface area contributed by atoms with Crippen molar-refractivity contribution in [3.05, 3.63) is 22.4 Å². The Kier molecular flexibility index (Phi) is 6.50. The van der Waals surface area contributed by atoms with Gasteiger partial charge in [-0.15, -0.1) is 11.3 Å². The fraction of sp³-hybridized carbons (Fsp3) is 0.500. The summed E-state index contributed by atoms with van der Waals surface area (Å²) in [6, 6.07) is 3.67. The van der Waals surface area contributed by atoms with Crippen LogP contribution in [0.25, 0.3) is 0 Å². The summed E-state index contributed by atoms with van der Waals surface area (Å²) in [5.74, 6) is 0.0886. The molecule has 1 aromatic heterocycles. The molecule has 4 nitrogen and oxygen atoms in total. The Morgan fingerprint density at radius 2 is 2.24 bits per heavy atom. The minimum Gasteiger partial charge on any atom is -0.383 e. The summed E-state index contributed by atoms with van der Waals surface area (Å²) in [7, 11) is 1.59. The molecule has 0 aromatic carbocycles. The second-order valence-electron chi connectivity index (χ2n) is 3.60. The van der Waals surface area contributed by atoms with Crippen molar-refractivity contribution in [2.75, 3.05) is 20.3 Å². The summed E-state index contributed by atoms with van der Waals surface area (Å²) in [5.41, 5.74) is 0. The lowest BCUT2D eigenvalue weighted by Gasteiger charge is -2.03. The minimum absolute atomic E-state index is 0.0268. The van der Waals surface area contributed by atoms with E-state index in [-0.39, 0.29) is 11.7 Å². The monoisotopic (exact) mass is 255 g/mol. The first-order chi connectivity index (χ1) is 8.24. The van der Waals surface area contributed by atoms with Crippen LogP contribution in [0.3, 0.4) is 0 Å². The van der Waals surface area contributed by atoms with Crippen LogP contribution >= 0.6 is 11.3 Å². The van der Waals surface area contributed by atoms with Gasteiger partial charge in [0, 0.05) is 26.5 Å². The summed E-state index contributed by atoms with van der Waals surface area (Å²) in [6.45, 7) is 1.04. The second kappa shape index (κ2) is 7.97. The van der Waals surface area contributed by atoms with Gasteiger partial charge in [0.05, 0.1) is 11.5 Å². The largest absolute Gasteiger partial charge is 0.383 e. The Bertz CT molecular complexity index is 349. The number of carbonyl (C=O) groups excluding carboxylic acids is 2. The summed E-state index contributed by atoms with van der Waals surface area (Å²) < 4.78 is 4.82. The van der Waals surface area contributed by atoms with E-state index in [1.807, 2.05) is 17.5 Å². The first-order valence-electron chi connectivity index (χ1n) is 5.56. The van der Waals surface area contributed by atoms with Crippen molar-refractivity contribution >= 4 is 23.0 Å². The number of thiophene rings is 1. The average Bonchev–Trinajstić information content (AvgIpc) is 2.82. The van der Waals surface area contributed by atoms with Gasteiger partial charge in [0.1, 0.15) is 0 Å². The highest BCUT2D eigenvalue weighted by atomic mass is 32.1. The van der Waals surface area contributed by atoms with E-state index in [9.17, 15) is 9.59 Å². The number of methoxy groups -OCH3 is 1. The molecule has 0 radical (unpaired) electrons. The molecule has 5 heteroatoms. The fourth-order valence-corrected chi connectivity index (χ4v) is 2.05. The van der Waals surface area contributed by atoms with Gasteiger partial charge in [-0.3, -0.25) is 9.59 Å². The topological polar surface area (TPSA) is 55.4 Å². The number of ketones is 1. The van der Waals surface area contributed by atoms with Gasteiger partial charge in [0.15, 0.2) is 5.78 Å². The SMILES string of the molecule is COCCNC(=O)CCCC(=O)c1cccs1. The van der Waals surface area contributed by atoms with Gasteiger partial charge < -0.3 is 10.1 Å². The maximum Gasteiger partial charge on any atom is 0.220 e. The molecular weight excluding hydrogens is 238 g/mol. The fourth-order valence-electron chi connectivity index (χ4n) is 1.35. The molecule has 0 fully saturated rings. The van der Waals surface area contributed by atoms with Gasteiger partial charge in [-0.1, -0.05) is 6.07 Å². The van der Waals surface area contributed by atoms with Crippen molar-refractivity contribution in [1.82, 2.24) is 5.32 Å². The Labute approximate surface area is 105 Å². The van der Waals surface area contributed by atoms with Gasteiger partial charge in [-0.05, 0) is 17.9 Å². The lowest BCUT2D eigenvalue weighted by molar-refractivity contribution is -0.121. The third-order valence-electron chi connectivity index (χ3n) is 2.23. The van der Waals surface area contributed by atoms with Gasteiger partial charge in [0.25, 0.3) is 0 Å². The van der Waals surface area contributed by atoms with E-state index in [1.54, 1.807) is 7.11 Å². The molecule has 0 aliphatic rings. The highest BCUT2D eigenvalue weighted by Crippen LogP contribution is 2.12. The van der Waals surface area contributed by atoms with E-state index in [2.05, 4.69) is 5.32 Å². The molecule has 1 N–H and O–H groups in total. The molecule has 0 unspecified atom stereocenters. The number of nitrogens with one attached hydrogen (secondary N) is 1. The number of ether oxygens (including phenoxy) is 1. The van der Waals surface area contributed by atoms with Crippen LogP contribution in [0.5, 0.6) is 0 Å². The van der Waals surface area contributed by atoms with Crippen LogP contribution in [-0.2, 0) is 9.53 Å². The minimum atomic E-state index is -0.0268. The Morgan fingerprint density at radius 1 is 1.41 bits per heavy atom. The van der Waals surface area contributed by atoms with Gasteiger partial charge in [-0.2, -0.15) is 0 Å². The molecule has 0 bridgehead atoms. The predicted octanol–water partition coefficient (Wildman–Crippen LogP) is 1.86. The third-order valence-corrected chi connectivity index (χ3v) is 3.14. The van der Waals surface area contributed by atoms with Crippen molar-refractivity contribution in [1.29, 1.82) is 0 Å². The predicted molar refractivity (Wildman–Crippen MR) is 67.4 cm³/mol. The van der Waals surface area contributed by atoms with Crippen LogP contribution in [0, 0.1) is 0 Å². The maximum absolute atomic E-state index is 11.6. The van der Waals surface area contributed by atoms with Gasteiger partial charge in [-0.25, -0.2) is 0 Å². The Balaban J connectivity index is 2.11. The van der Waals surface area contributed by atoms with Crippen molar-refractivity contribution in [3.8, 4) is 0 Å². The molecule has 17 heavy (non-hydrogen) atoms. The van der Waals surface area contributed by atoms with Crippen molar-refractivity contribution in [3.63, 3.8) is 0 Å². The number of rotatable bonds is 8. The molecule has 0 aliphatic heterocycles. The molecule has 0 saturated heterocycles. The van der Waals surface area contributed by atoms with E-state index in [0.717, 1.165) is 4.88 Å². The summed E-state index contributed by atoms with van der Waals surface area (Å²) >= 11 is 1.44. The number of hydrogen-bond donors (Lipinski definition) is 1. The molecule has 94 valence electrons. The number of amides is 1. The van der Waals surface area contributed by atoms with E-state index < -0.39 is 0 Å². The van der Waals surface area contributed by atoms with Crippen LogP contribution in [-0.4, -0.2) is 32.0 Å². The first-order valence-corrected chi connectivity index (χ1v) is 6.44. The standard InChI is InChI=1S/C12H17NO3S/c1-16-8-7-13-12(15)6-2-4-10(14)11-5-3-9-17-11/h3,5,9H,2,4,6-8H2,1H3,(H,13,15). The van der Waals surface area contributed by atoms with Crippen LogP contribution in [0.15, 0.2) is 17.5 Å². The van der Waals surface area contributed by atoms with Crippen LogP contribution in [0.4, 0.5) is 0 Å². The molecule has 0 atom stereocenters. The zero-order valence-electron chi connectivity index (χ0n) is 9.90. The van der Waals surface area contributed by atoms with Crippen molar-refractivity contribution in [2.24, 2.45) is 0 Å². The van der Waals surface area contributed by atoms with E-state index in [4.69, 9.17) is 4.74 Å². The number of hydrogen-bond acceptors (Lipinski definition) is 4. The second-order valence-corrected chi connectivity index (χ2v) is 4.54. The molecule has 0 spiro atoms. The molecule has 0 aliphatic carbocycles. The Morgan fingerprint density at radius 3 is 2.88 bits per heavy atom. The average molecular weight is 255 g/mol. The van der Waals surface area contributed by atoms with Gasteiger partial charge in [0.2, 0.25) is 5.91 Å². The van der Waals surface area contributed by atoms with Crippen molar-refractivity contribution < 1.29 is 14.3 Å². The van der Waals surface area contributed by atoms with E-state index in [0.29, 0.717) is 32.4 Å². The maximum atomic E-state index is 11.6. The smallest absolute Gasteiger partial charge is 0.220 e. The molecule has 1 rings (SSSR count). The highest BCUT2D eigenvalue weighted by molar-refractivity contribution is 7.12. The highest BCUT2D eigenvalue weighted by Gasteiger charge is 2.07. The van der Waals surface area contributed by atoms with Crippen LogP contribution in [0.1, 0.15) is 28.9 Å². The summed E-state index contributed by atoms with van der Waals surface area (Å²) in [5, 5.41) is 4.60. The number of Topliss-reactive ketones (excluding diaryl/α,β-unsaturated/α-hetero) is 1. The molecule has 1 aromatic rings. The van der Waals surface area contributed by atoms with Gasteiger partial charge >= 0.3 is 0 Å². The number of carbonyl (C=O) groups is 2. The summed E-state index contributed by atoms with van der Waals surface area (Å²) in [6.07, 6.45) is 1.41. The molecule has 1 heterocycles. The summed E-state index contributed by atoms with van der Waals surface area (Å²) in [4.78, 5) is 23.7. The lowest BCUT2D eigenvalue weighted by Crippen LogP contribution is -2.26. The van der Waals surface area contributed by atoms with Crippen molar-refractivity contribution in [2.45, 2.75) is 19.3 Å². The molecular formula is C12H17NO3S. The quantitative estimate of drug-likeness (QED) is 0.570. The zero-order valence-corrected chi connectivity index (χ0v) is 10.7. The molecule has 0 saturated carbocycles. The van der Waals surface area contributed by atoms with E-state index in [1.165, 1.54) is 11.3 Å².